The van der Waals surface area contributed by atoms with Crippen LogP contribution in [0.15, 0.2) is 30.3 Å². The summed E-state index contributed by atoms with van der Waals surface area (Å²) in [7, 11) is 0. The summed E-state index contributed by atoms with van der Waals surface area (Å²) in [6.07, 6.45) is 5.88. The van der Waals surface area contributed by atoms with Gasteiger partial charge in [-0.1, -0.05) is 113 Å². The molecular formula is C66H125N7O8. The maximum Gasteiger partial charge on any atom is 0.304 e. The molecule has 1 saturated heterocycles. The molecule has 0 unspecified atom stereocenters. The van der Waals surface area contributed by atoms with Crippen LogP contribution in [0.25, 0.3) is 0 Å². The zero-order valence-corrected chi connectivity index (χ0v) is 55.9. The molecule has 0 aromatic heterocycles. The number of rotatable bonds is 36. The predicted octanol–water partition coefficient (Wildman–Crippen LogP) is 10.7. The third-order valence-corrected chi connectivity index (χ3v) is 14.5. The smallest absolute Gasteiger partial charge is 0.304 e. The highest BCUT2D eigenvalue weighted by atomic mass is 16.4. The lowest BCUT2D eigenvalue weighted by Crippen LogP contribution is -2.39. The summed E-state index contributed by atoms with van der Waals surface area (Å²) in [6.45, 7) is 54.2. The van der Waals surface area contributed by atoms with Gasteiger partial charge in [0, 0.05) is 105 Å². The highest BCUT2D eigenvalue weighted by Crippen LogP contribution is 2.13. The summed E-state index contributed by atoms with van der Waals surface area (Å²) in [5.41, 5.74) is 6.79. The van der Waals surface area contributed by atoms with Crippen LogP contribution in [-0.2, 0) is 40.0 Å². The number of Topliss-reactive ketones (excluding diaryl/α,β-unsaturated/α-hetero) is 5. The van der Waals surface area contributed by atoms with Crippen molar-refractivity contribution in [3.63, 3.8) is 0 Å². The third-order valence-electron chi connectivity index (χ3n) is 14.5. The van der Waals surface area contributed by atoms with Crippen molar-refractivity contribution < 1.29 is 38.7 Å². The number of amides is 1. The summed E-state index contributed by atoms with van der Waals surface area (Å²) in [5, 5.41) is 8.58. The fourth-order valence-electron chi connectivity index (χ4n) is 7.79. The topological polar surface area (TPSA) is 185 Å². The number of carboxylic acids is 1. The molecule has 2 rings (SSSR count). The average molecular weight is 1140 g/mol. The SMILES string of the molecule is CC(C)C(=O)CN(CCC(=O)O)C(C)C.CC(C)C(=O)CN(CCCN)C(C)C.CC(C)C(=O)CN(CCCN1CCCC1=O)C(C)C.CC(C)C(=O)CN(CCc1ccccc1)C(C)C.CC(C)CCN(CC(=O)C(C)C)C(C)C. The number of nitrogens with zero attached hydrogens (tertiary/aromatic N) is 6. The second kappa shape index (κ2) is 46.6. The van der Waals surface area contributed by atoms with Gasteiger partial charge in [-0.05, 0) is 126 Å². The molecule has 0 radical (unpaired) electrons. The Hall–Kier alpha value is -3.73. The number of carboxylic acid groups (broad SMARTS) is 1. The molecule has 15 heteroatoms. The van der Waals surface area contributed by atoms with Crippen molar-refractivity contribution in [1.29, 1.82) is 0 Å². The van der Waals surface area contributed by atoms with Crippen LogP contribution < -0.4 is 5.73 Å². The van der Waals surface area contributed by atoms with Gasteiger partial charge in [0.15, 0.2) is 0 Å². The van der Waals surface area contributed by atoms with E-state index in [4.69, 9.17) is 10.8 Å². The van der Waals surface area contributed by atoms with Gasteiger partial charge < -0.3 is 15.7 Å². The lowest BCUT2D eigenvalue weighted by atomic mass is 10.1. The standard InChI is InChI=1S/C16H25NO.C15H28N2O2.C13H27NO.C11H24N2O.C11H21NO3/c1-13(2)16(18)12-17(14(3)4)11-10-15-8-6-5-7-9-15;1-12(2)14(18)11-17(13(3)4)10-6-9-16-8-5-7-15(16)19;1-10(2)7-8-14(12(5)6)9-13(15)11(3)4;1-9(2)11(14)8-13(10(3)4)7-5-6-12;1-8(2)10(13)7-12(9(3)4)6-5-11(14)15/h5-9,13-14H,10-12H2,1-4H3;12-13H,5-11H2,1-4H3;10-12H,7-9H2,1-6H3;9-10H,5-8,12H2,1-4H3;8-9H,5-7H2,1-4H3,(H,14,15). The molecule has 1 aliphatic heterocycles. The van der Waals surface area contributed by atoms with Crippen LogP contribution >= 0.6 is 0 Å². The van der Waals surface area contributed by atoms with Crippen LogP contribution in [0, 0.1) is 35.5 Å². The minimum Gasteiger partial charge on any atom is -0.481 e. The Morgan fingerprint density at radius 1 is 0.481 bits per heavy atom. The summed E-state index contributed by atoms with van der Waals surface area (Å²) in [4.78, 5) is 93.1. The number of hydrogen-bond acceptors (Lipinski definition) is 13. The number of hydrogen-bond donors (Lipinski definition) is 2. The molecule has 0 atom stereocenters. The maximum atomic E-state index is 11.8. The fraction of sp³-hybridized carbons (Fsp3) is 0.803. The maximum absolute atomic E-state index is 11.8. The first-order valence-electron chi connectivity index (χ1n) is 31.2. The Bertz CT molecular complexity index is 1850. The van der Waals surface area contributed by atoms with Gasteiger partial charge >= 0.3 is 5.97 Å². The molecule has 1 aromatic rings. The zero-order valence-electron chi connectivity index (χ0n) is 55.9. The minimum absolute atomic E-state index is 0.0103. The number of benzene rings is 1. The van der Waals surface area contributed by atoms with E-state index >= 15 is 0 Å². The molecule has 0 bridgehead atoms. The number of carbonyl (C=O) groups excluding carboxylic acids is 6. The number of aliphatic carboxylic acids is 1. The first-order valence-corrected chi connectivity index (χ1v) is 31.2. The monoisotopic (exact) mass is 1140 g/mol. The summed E-state index contributed by atoms with van der Waals surface area (Å²) < 4.78 is 0. The van der Waals surface area contributed by atoms with Crippen molar-refractivity contribution in [2.75, 3.05) is 85.1 Å². The summed E-state index contributed by atoms with van der Waals surface area (Å²) in [6, 6.07) is 12.3. The van der Waals surface area contributed by atoms with Crippen LogP contribution in [0.2, 0.25) is 0 Å². The Morgan fingerprint density at radius 2 is 0.815 bits per heavy atom. The zero-order chi connectivity index (χ0) is 63.1. The quantitative estimate of drug-likeness (QED) is 0.0647. The summed E-state index contributed by atoms with van der Waals surface area (Å²) >= 11 is 0. The Labute approximate surface area is 496 Å². The largest absolute Gasteiger partial charge is 0.481 e. The van der Waals surface area contributed by atoms with Crippen LogP contribution in [0.1, 0.15) is 196 Å². The Morgan fingerprint density at radius 3 is 1.11 bits per heavy atom. The van der Waals surface area contributed by atoms with E-state index in [-0.39, 0.29) is 53.7 Å². The van der Waals surface area contributed by atoms with E-state index in [2.05, 4.69) is 113 Å². The average Bonchev–Trinajstić information content (AvgIpc) is 3.79. The molecule has 1 aliphatic rings. The van der Waals surface area contributed by atoms with Gasteiger partial charge in [0.2, 0.25) is 5.91 Å². The molecule has 1 fully saturated rings. The number of likely N-dealkylation sites (tertiary alicyclic amines) is 1. The van der Waals surface area contributed by atoms with E-state index in [9.17, 15) is 33.6 Å². The highest BCUT2D eigenvalue weighted by Gasteiger charge is 2.23. The van der Waals surface area contributed by atoms with Gasteiger partial charge in [0.25, 0.3) is 0 Å². The molecular weight excluding hydrogens is 1020 g/mol. The first-order chi connectivity index (χ1) is 37.6. The van der Waals surface area contributed by atoms with E-state index in [0.717, 1.165) is 65.0 Å². The molecule has 0 spiro atoms. The van der Waals surface area contributed by atoms with Gasteiger partial charge in [-0.15, -0.1) is 0 Å². The molecule has 0 saturated carbocycles. The van der Waals surface area contributed by atoms with Crippen LogP contribution in [-0.4, -0.2) is 191 Å². The van der Waals surface area contributed by atoms with Crippen molar-refractivity contribution >= 4 is 40.8 Å². The van der Waals surface area contributed by atoms with Crippen molar-refractivity contribution in [2.45, 2.75) is 227 Å². The molecule has 81 heavy (non-hydrogen) atoms. The van der Waals surface area contributed by atoms with E-state index in [0.29, 0.717) is 105 Å². The second-order valence-electron chi connectivity index (χ2n) is 25.5. The Kier molecular flexibility index (Phi) is 46.9. The molecule has 15 nitrogen and oxygen atoms in total. The van der Waals surface area contributed by atoms with Gasteiger partial charge in [-0.25, -0.2) is 0 Å². The molecule has 472 valence electrons. The minimum atomic E-state index is -0.822. The predicted molar refractivity (Wildman–Crippen MR) is 339 cm³/mol. The summed E-state index contributed by atoms with van der Waals surface area (Å²) in [5.74, 6) is 2.16. The van der Waals surface area contributed by atoms with Crippen LogP contribution in [0.3, 0.4) is 0 Å². The van der Waals surface area contributed by atoms with Crippen LogP contribution in [0.5, 0.6) is 0 Å². The molecule has 1 heterocycles. The lowest BCUT2D eigenvalue weighted by molar-refractivity contribution is -0.138. The molecule has 0 aliphatic carbocycles. The van der Waals surface area contributed by atoms with E-state index < -0.39 is 5.97 Å². The normalized spacial score (nSPS) is 12.7. The van der Waals surface area contributed by atoms with E-state index in [1.807, 2.05) is 99.0 Å². The third kappa shape index (κ3) is 42.7. The van der Waals surface area contributed by atoms with Crippen molar-refractivity contribution in [3.8, 4) is 0 Å². The molecule has 3 N–H and O–H groups in total. The molecule has 1 aromatic carbocycles. The lowest BCUT2D eigenvalue weighted by Gasteiger charge is -2.27. The van der Waals surface area contributed by atoms with E-state index in [1.54, 1.807) is 0 Å². The van der Waals surface area contributed by atoms with E-state index in [1.165, 1.54) is 12.0 Å². The fourth-order valence-corrected chi connectivity index (χ4v) is 7.79. The van der Waals surface area contributed by atoms with Crippen molar-refractivity contribution in [1.82, 2.24) is 29.4 Å². The Balaban J connectivity index is -0.000000944. The number of carbonyl (C=O) groups is 7. The first kappa shape index (κ1) is 81.5. The number of ketones is 5. The van der Waals surface area contributed by atoms with Gasteiger partial charge in [0.05, 0.1) is 39.1 Å². The van der Waals surface area contributed by atoms with Gasteiger partial charge in [0.1, 0.15) is 28.9 Å². The highest BCUT2D eigenvalue weighted by molar-refractivity contribution is 5.84. The second-order valence-corrected chi connectivity index (χ2v) is 25.5. The van der Waals surface area contributed by atoms with Gasteiger partial charge in [-0.2, -0.15) is 0 Å². The van der Waals surface area contributed by atoms with Crippen molar-refractivity contribution in [2.24, 2.45) is 41.2 Å². The molecule has 1 amide bonds. The van der Waals surface area contributed by atoms with Crippen LogP contribution in [0.4, 0.5) is 0 Å². The van der Waals surface area contributed by atoms with Crippen molar-refractivity contribution in [3.05, 3.63) is 35.9 Å². The number of nitrogens with two attached hydrogens (primary N) is 1. The van der Waals surface area contributed by atoms with Gasteiger partial charge in [-0.3, -0.25) is 58.1 Å².